The minimum absolute atomic E-state index is 0.559. The highest BCUT2D eigenvalue weighted by atomic mass is 15.2. The zero-order valence-corrected chi connectivity index (χ0v) is 14.4. The van der Waals surface area contributed by atoms with E-state index in [-0.39, 0.29) is 0 Å². The molecule has 1 N–H and O–H groups in total. The summed E-state index contributed by atoms with van der Waals surface area (Å²) in [6, 6.07) is 2.55. The van der Waals surface area contributed by atoms with Crippen LogP contribution in [0.5, 0.6) is 0 Å². The first kappa shape index (κ1) is 15.6. The predicted molar refractivity (Wildman–Crippen MR) is 94.0 cm³/mol. The van der Waals surface area contributed by atoms with E-state index in [0.717, 1.165) is 25.5 Å². The smallest absolute Gasteiger partial charge is 0.131 e. The summed E-state index contributed by atoms with van der Waals surface area (Å²) in [5.41, 5.74) is 4.17. The van der Waals surface area contributed by atoms with Crippen LogP contribution in [0.4, 0.5) is 5.82 Å². The van der Waals surface area contributed by atoms with Crippen LogP contribution in [0.2, 0.25) is 0 Å². The fourth-order valence-corrected chi connectivity index (χ4v) is 4.04. The molecule has 6 heteroatoms. The summed E-state index contributed by atoms with van der Waals surface area (Å²) in [7, 11) is 2.15. The third-order valence-electron chi connectivity index (χ3n) is 5.55. The zero-order chi connectivity index (χ0) is 16.4. The van der Waals surface area contributed by atoms with Gasteiger partial charge >= 0.3 is 0 Å². The maximum absolute atomic E-state index is 4.60. The van der Waals surface area contributed by atoms with E-state index in [9.17, 15) is 0 Å². The Kier molecular flexibility index (Phi) is 4.47. The number of likely N-dealkylation sites (tertiary alicyclic amines) is 1. The number of hydrogen-bond donors (Lipinski definition) is 1. The molecule has 1 fully saturated rings. The molecule has 0 unspecified atom stereocenters. The van der Waals surface area contributed by atoms with Gasteiger partial charge in [-0.15, -0.1) is 0 Å². The van der Waals surface area contributed by atoms with Crippen molar-refractivity contribution in [2.24, 2.45) is 0 Å². The van der Waals surface area contributed by atoms with Crippen molar-refractivity contribution >= 4 is 5.82 Å². The molecule has 6 nitrogen and oxygen atoms in total. The second-order valence-corrected chi connectivity index (χ2v) is 7.02. The summed E-state index contributed by atoms with van der Waals surface area (Å²) in [5.74, 6) is 1.02. The van der Waals surface area contributed by atoms with E-state index < -0.39 is 0 Å². The normalized spacial score (nSPS) is 19.2. The van der Waals surface area contributed by atoms with Crippen molar-refractivity contribution in [3.63, 3.8) is 0 Å². The first-order chi connectivity index (χ1) is 11.8. The summed E-state index contributed by atoms with van der Waals surface area (Å²) in [6.45, 7) is 3.25. The Morgan fingerprint density at radius 3 is 2.88 bits per heavy atom. The number of fused-ring (bicyclic) bond motifs is 1. The molecule has 2 aromatic heterocycles. The van der Waals surface area contributed by atoms with Gasteiger partial charge in [0.05, 0.1) is 5.69 Å². The number of nitrogens with one attached hydrogen (secondary N) is 1. The molecule has 1 aliphatic carbocycles. The monoisotopic (exact) mass is 326 g/mol. The van der Waals surface area contributed by atoms with Gasteiger partial charge in [-0.2, -0.15) is 5.10 Å². The van der Waals surface area contributed by atoms with E-state index in [0.29, 0.717) is 6.04 Å². The quantitative estimate of drug-likeness (QED) is 0.933. The summed E-state index contributed by atoms with van der Waals surface area (Å²) < 4.78 is 0. The van der Waals surface area contributed by atoms with E-state index in [2.05, 4.69) is 37.0 Å². The molecule has 0 radical (unpaired) electrons. The second-order valence-electron chi connectivity index (χ2n) is 7.02. The van der Waals surface area contributed by atoms with Crippen molar-refractivity contribution in [3.8, 4) is 0 Å². The maximum atomic E-state index is 4.60. The molecule has 0 atom stereocenters. The average Bonchev–Trinajstić information content (AvgIpc) is 3.06. The summed E-state index contributed by atoms with van der Waals surface area (Å²) in [6.07, 6.45) is 10.8. The van der Waals surface area contributed by atoms with Crippen molar-refractivity contribution in [2.45, 2.75) is 51.1 Å². The van der Waals surface area contributed by atoms with Gasteiger partial charge in [0.2, 0.25) is 0 Å². The first-order valence-corrected chi connectivity index (χ1v) is 9.07. The highest BCUT2D eigenvalue weighted by molar-refractivity contribution is 5.36. The first-order valence-electron chi connectivity index (χ1n) is 9.07. The molecule has 0 spiro atoms. The number of piperidine rings is 1. The number of aromatic nitrogens is 4. The van der Waals surface area contributed by atoms with Crippen molar-refractivity contribution in [1.29, 1.82) is 0 Å². The summed E-state index contributed by atoms with van der Waals surface area (Å²) >= 11 is 0. The molecule has 24 heavy (non-hydrogen) atoms. The van der Waals surface area contributed by atoms with Crippen LogP contribution in [0, 0.1) is 0 Å². The van der Waals surface area contributed by atoms with Gasteiger partial charge in [-0.25, -0.2) is 9.97 Å². The Balaban J connectivity index is 1.34. The largest absolute Gasteiger partial charge is 0.356 e. The van der Waals surface area contributed by atoms with E-state index in [1.54, 1.807) is 6.33 Å². The number of anilines is 1. The highest BCUT2D eigenvalue weighted by Crippen LogP contribution is 2.25. The van der Waals surface area contributed by atoms with E-state index >= 15 is 0 Å². The lowest BCUT2D eigenvalue weighted by molar-refractivity contribution is 0.200. The Morgan fingerprint density at radius 1 is 1.25 bits per heavy atom. The molecule has 0 saturated carbocycles. The van der Waals surface area contributed by atoms with Gasteiger partial charge in [-0.05, 0) is 50.2 Å². The molecule has 4 rings (SSSR count). The van der Waals surface area contributed by atoms with Gasteiger partial charge in [0.15, 0.2) is 0 Å². The molecule has 2 aromatic rings. The number of hydrogen-bond acceptors (Lipinski definition) is 5. The Labute approximate surface area is 143 Å². The average molecular weight is 326 g/mol. The van der Waals surface area contributed by atoms with Crippen LogP contribution >= 0.6 is 0 Å². The maximum Gasteiger partial charge on any atom is 0.131 e. The lowest BCUT2D eigenvalue weighted by Gasteiger charge is -2.37. The molecule has 0 bridgehead atoms. The fourth-order valence-electron chi connectivity index (χ4n) is 4.04. The minimum atomic E-state index is 0.559. The molecule has 0 amide bonds. The Morgan fingerprint density at radius 2 is 2.08 bits per heavy atom. The molecule has 3 heterocycles. The number of aryl methyl sites for hydroxylation is 1. The van der Waals surface area contributed by atoms with Crippen molar-refractivity contribution < 1.29 is 0 Å². The van der Waals surface area contributed by atoms with Crippen molar-refractivity contribution in [1.82, 2.24) is 25.1 Å². The molecule has 1 aliphatic heterocycles. The van der Waals surface area contributed by atoms with Crippen LogP contribution in [0.1, 0.15) is 42.6 Å². The Bertz CT molecular complexity index is 659. The number of H-pyrrole nitrogens is 1. The van der Waals surface area contributed by atoms with Crippen LogP contribution in [-0.4, -0.2) is 51.2 Å². The van der Waals surface area contributed by atoms with Crippen LogP contribution in [-0.2, 0) is 19.4 Å². The van der Waals surface area contributed by atoms with Gasteiger partial charge in [0.25, 0.3) is 0 Å². The lowest BCUT2D eigenvalue weighted by Crippen LogP contribution is -2.43. The molecule has 128 valence electrons. The number of rotatable bonds is 4. The lowest BCUT2D eigenvalue weighted by atomic mass is 9.95. The van der Waals surface area contributed by atoms with Gasteiger partial charge in [0.1, 0.15) is 12.1 Å². The standard InChI is InChI=1S/C18H26N6/c1-23(18-6-9-19-13-20-18)14-7-10-24(11-8-14)12-17-15-4-2-3-5-16(15)21-22-17/h6,9,13-14H,2-5,7-8,10-12H2,1H3,(H,21,22). The Hall–Kier alpha value is -1.95. The van der Waals surface area contributed by atoms with Crippen LogP contribution in [0.15, 0.2) is 18.6 Å². The molecule has 0 aromatic carbocycles. The van der Waals surface area contributed by atoms with Gasteiger partial charge in [-0.3, -0.25) is 10.00 Å². The molecule has 2 aliphatic rings. The van der Waals surface area contributed by atoms with E-state index in [1.807, 2.05) is 12.3 Å². The SMILES string of the molecule is CN(c1ccncn1)C1CCN(Cc2n[nH]c3c2CCCC3)CC1. The van der Waals surface area contributed by atoms with E-state index in [1.165, 1.54) is 55.5 Å². The molecule has 1 saturated heterocycles. The van der Waals surface area contributed by atoms with Crippen LogP contribution in [0.3, 0.4) is 0 Å². The topological polar surface area (TPSA) is 60.9 Å². The summed E-state index contributed by atoms with van der Waals surface area (Å²) in [4.78, 5) is 13.2. The fraction of sp³-hybridized carbons (Fsp3) is 0.611. The zero-order valence-electron chi connectivity index (χ0n) is 14.4. The highest BCUT2D eigenvalue weighted by Gasteiger charge is 2.25. The van der Waals surface area contributed by atoms with Gasteiger partial charge < -0.3 is 4.90 Å². The number of aromatic amines is 1. The minimum Gasteiger partial charge on any atom is -0.356 e. The third kappa shape index (κ3) is 3.15. The van der Waals surface area contributed by atoms with Gasteiger partial charge in [-0.1, -0.05) is 0 Å². The molecular weight excluding hydrogens is 300 g/mol. The second kappa shape index (κ2) is 6.89. The van der Waals surface area contributed by atoms with Crippen molar-refractivity contribution in [3.05, 3.63) is 35.5 Å². The third-order valence-corrected chi connectivity index (χ3v) is 5.55. The van der Waals surface area contributed by atoms with Crippen LogP contribution < -0.4 is 4.90 Å². The van der Waals surface area contributed by atoms with Crippen LogP contribution in [0.25, 0.3) is 0 Å². The van der Waals surface area contributed by atoms with Gasteiger partial charge in [0, 0.05) is 44.6 Å². The predicted octanol–water partition coefficient (Wildman–Crippen LogP) is 2.18. The van der Waals surface area contributed by atoms with E-state index in [4.69, 9.17) is 0 Å². The number of nitrogens with zero attached hydrogens (tertiary/aromatic N) is 5. The summed E-state index contributed by atoms with van der Waals surface area (Å²) in [5, 5.41) is 7.86. The molecular formula is C18H26N6. The van der Waals surface area contributed by atoms with Crippen molar-refractivity contribution in [2.75, 3.05) is 25.0 Å².